The van der Waals surface area contributed by atoms with Gasteiger partial charge in [-0.25, -0.2) is 4.98 Å². The second-order valence-corrected chi connectivity index (χ2v) is 8.21. The van der Waals surface area contributed by atoms with Gasteiger partial charge in [-0.2, -0.15) is 0 Å². The van der Waals surface area contributed by atoms with Gasteiger partial charge in [0, 0.05) is 23.4 Å². The summed E-state index contributed by atoms with van der Waals surface area (Å²) >= 11 is 1.98. The monoisotopic (exact) mass is 308 g/mol. The van der Waals surface area contributed by atoms with Gasteiger partial charge in [0.15, 0.2) is 0 Å². The topological polar surface area (TPSA) is 24.9 Å². The van der Waals surface area contributed by atoms with Gasteiger partial charge >= 0.3 is 0 Å². The van der Waals surface area contributed by atoms with Crippen molar-refractivity contribution in [3.05, 3.63) is 15.6 Å². The molecule has 1 heterocycles. The van der Waals surface area contributed by atoms with Crippen molar-refractivity contribution in [2.24, 2.45) is 0 Å². The molecule has 2 nitrogen and oxygen atoms in total. The summed E-state index contributed by atoms with van der Waals surface area (Å²) in [5.74, 6) is 1.26. The Morgan fingerprint density at radius 1 is 1.05 bits per heavy atom. The fourth-order valence-electron chi connectivity index (χ4n) is 3.13. The lowest BCUT2D eigenvalue weighted by Gasteiger charge is -2.17. The quantitative estimate of drug-likeness (QED) is 0.766. The van der Waals surface area contributed by atoms with Crippen molar-refractivity contribution in [3.63, 3.8) is 0 Å². The van der Waals surface area contributed by atoms with Crippen LogP contribution < -0.4 is 5.32 Å². The highest BCUT2D eigenvalue weighted by Gasteiger charge is 2.21. The van der Waals surface area contributed by atoms with Crippen molar-refractivity contribution in [1.82, 2.24) is 10.3 Å². The standard InChI is InChI=1S/C18H32N2S/c1-13(2)17-16(12-19-14(3)4)21-18(20-17)15-10-8-6-5-7-9-11-15/h13-15,19H,5-12H2,1-4H3. The molecule has 1 aromatic heterocycles. The summed E-state index contributed by atoms with van der Waals surface area (Å²) in [6, 6.07) is 0.539. The van der Waals surface area contributed by atoms with Crippen molar-refractivity contribution >= 4 is 11.3 Å². The fourth-order valence-corrected chi connectivity index (χ4v) is 4.47. The normalized spacial score (nSPS) is 18.2. The minimum absolute atomic E-state index is 0.535. The van der Waals surface area contributed by atoms with Crippen molar-refractivity contribution in [2.45, 2.75) is 97.1 Å². The first kappa shape index (κ1) is 17.0. The Kier molecular flexibility index (Phi) is 6.69. The summed E-state index contributed by atoms with van der Waals surface area (Å²) < 4.78 is 0. The van der Waals surface area contributed by atoms with E-state index in [2.05, 4.69) is 33.0 Å². The molecule has 1 aliphatic carbocycles. The van der Waals surface area contributed by atoms with Crippen LogP contribution in [0.4, 0.5) is 0 Å². The number of rotatable bonds is 5. The van der Waals surface area contributed by atoms with Crippen LogP contribution in [0.3, 0.4) is 0 Å². The van der Waals surface area contributed by atoms with Gasteiger partial charge in [-0.05, 0) is 18.8 Å². The molecule has 1 fully saturated rings. The zero-order valence-corrected chi connectivity index (χ0v) is 15.1. The number of nitrogens with zero attached hydrogens (tertiary/aromatic N) is 1. The van der Waals surface area contributed by atoms with E-state index in [-0.39, 0.29) is 0 Å². The van der Waals surface area contributed by atoms with Gasteiger partial charge in [0.05, 0.1) is 10.7 Å². The third-order valence-corrected chi connectivity index (χ3v) is 5.65. The molecule has 0 bridgehead atoms. The van der Waals surface area contributed by atoms with Gasteiger partial charge < -0.3 is 5.32 Å². The van der Waals surface area contributed by atoms with Gasteiger partial charge in [-0.15, -0.1) is 11.3 Å². The molecule has 0 amide bonds. The highest BCUT2D eigenvalue weighted by atomic mass is 32.1. The van der Waals surface area contributed by atoms with Crippen molar-refractivity contribution in [3.8, 4) is 0 Å². The molecule has 0 spiro atoms. The van der Waals surface area contributed by atoms with Gasteiger partial charge in [-0.1, -0.05) is 59.8 Å². The molecule has 0 unspecified atom stereocenters. The highest BCUT2D eigenvalue weighted by Crippen LogP contribution is 2.36. The third-order valence-electron chi connectivity index (χ3n) is 4.42. The zero-order chi connectivity index (χ0) is 15.2. The van der Waals surface area contributed by atoms with Crippen LogP contribution in [0.2, 0.25) is 0 Å². The zero-order valence-electron chi connectivity index (χ0n) is 14.2. The molecule has 21 heavy (non-hydrogen) atoms. The fraction of sp³-hybridized carbons (Fsp3) is 0.833. The Hall–Kier alpha value is -0.410. The number of thiazole rings is 1. The summed E-state index contributed by atoms with van der Waals surface area (Å²) in [4.78, 5) is 6.53. The first-order valence-electron chi connectivity index (χ1n) is 8.80. The number of hydrogen-bond donors (Lipinski definition) is 1. The average Bonchev–Trinajstić information content (AvgIpc) is 2.80. The lowest BCUT2D eigenvalue weighted by molar-refractivity contribution is 0.454. The predicted molar refractivity (Wildman–Crippen MR) is 93.2 cm³/mol. The van der Waals surface area contributed by atoms with Crippen molar-refractivity contribution < 1.29 is 0 Å². The van der Waals surface area contributed by atoms with Crippen LogP contribution >= 0.6 is 11.3 Å². The Morgan fingerprint density at radius 2 is 1.67 bits per heavy atom. The average molecular weight is 309 g/mol. The van der Waals surface area contributed by atoms with Gasteiger partial charge in [0.2, 0.25) is 0 Å². The van der Waals surface area contributed by atoms with Gasteiger partial charge in [0.25, 0.3) is 0 Å². The van der Waals surface area contributed by atoms with E-state index in [1.54, 1.807) is 0 Å². The lowest BCUT2D eigenvalue weighted by atomic mass is 9.91. The predicted octanol–water partition coefficient (Wildman–Crippen LogP) is 5.59. The maximum absolute atomic E-state index is 5.06. The van der Waals surface area contributed by atoms with E-state index < -0.39 is 0 Å². The van der Waals surface area contributed by atoms with Crippen LogP contribution in [0.5, 0.6) is 0 Å². The smallest absolute Gasteiger partial charge is 0.0962 e. The van der Waals surface area contributed by atoms with E-state index >= 15 is 0 Å². The van der Waals surface area contributed by atoms with Crippen molar-refractivity contribution in [1.29, 1.82) is 0 Å². The molecule has 2 rings (SSSR count). The van der Waals surface area contributed by atoms with Crippen LogP contribution in [-0.2, 0) is 6.54 Å². The summed E-state index contributed by atoms with van der Waals surface area (Å²) in [6.07, 6.45) is 9.75. The first-order chi connectivity index (χ1) is 10.1. The number of aromatic nitrogens is 1. The number of hydrogen-bond acceptors (Lipinski definition) is 3. The Balaban J connectivity index is 2.12. The molecule has 1 aromatic rings. The second kappa shape index (κ2) is 8.28. The van der Waals surface area contributed by atoms with E-state index in [0.717, 1.165) is 12.5 Å². The maximum Gasteiger partial charge on any atom is 0.0962 e. The minimum atomic E-state index is 0.535. The molecule has 0 atom stereocenters. The van der Waals surface area contributed by atoms with Crippen LogP contribution in [-0.4, -0.2) is 11.0 Å². The molecule has 1 aliphatic rings. The molecule has 0 aliphatic heterocycles. The SMILES string of the molecule is CC(C)NCc1sc(C2CCCCCCC2)nc1C(C)C. The van der Waals surface area contributed by atoms with E-state index in [4.69, 9.17) is 4.98 Å². The van der Waals surface area contributed by atoms with E-state index in [9.17, 15) is 0 Å². The molecule has 0 radical (unpaired) electrons. The van der Waals surface area contributed by atoms with E-state index in [1.807, 2.05) is 11.3 Å². The summed E-state index contributed by atoms with van der Waals surface area (Å²) in [5, 5.41) is 4.98. The van der Waals surface area contributed by atoms with Crippen LogP contribution in [0, 0.1) is 0 Å². The maximum atomic E-state index is 5.06. The Bertz CT molecular complexity index is 415. The molecular formula is C18H32N2S. The van der Waals surface area contributed by atoms with Gasteiger partial charge in [-0.3, -0.25) is 0 Å². The molecular weight excluding hydrogens is 276 g/mol. The van der Waals surface area contributed by atoms with E-state index in [0.29, 0.717) is 12.0 Å². The summed E-state index contributed by atoms with van der Waals surface area (Å²) in [6.45, 7) is 9.96. The minimum Gasteiger partial charge on any atom is -0.310 e. The lowest BCUT2D eigenvalue weighted by Crippen LogP contribution is -2.22. The molecule has 3 heteroatoms. The molecule has 120 valence electrons. The largest absolute Gasteiger partial charge is 0.310 e. The molecule has 1 saturated carbocycles. The summed E-state index contributed by atoms with van der Waals surface area (Å²) in [5.41, 5.74) is 1.34. The van der Waals surface area contributed by atoms with Gasteiger partial charge in [0.1, 0.15) is 0 Å². The van der Waals surface area contributed by atoms with E-state index in [1.165, 1.54) is 60.5 Å². The van der Waals surface area contributed by atoms with Crippen LogP contribution in [0.1, 0.15) is 100 Å². The summed E-state index contributed by atoms with van der Waals surface area (Å²) in [7, 11) is 0. The third kappa shape index (κ3) is 5.07. The van der Waals surface area contributed by atoms with Crippen molar-refractivity contribution in [2.75, 3.05) is 0 Å². The molecule has 0 aromatic carbocycles. The highest BCUT2D eigenvalue weighted by molar-refractivity contribution is 7.11. The first-order valence-corrected chi connectivity index (χ1v) is 9.62. The number of nitrogens with one attached hydrogen (secondary N) is 1. The Labute approximate surface area is 134 Å². The molecule has 0 saturated heterocycles. The Morgan fingerprint density at radius 3 is 2.24 bits per heavy atom. The molecule has 1 N–H and O–H groups in total. The second-order valence-electron chi connectivity index (χ2n) is 7.09. The van der Waals surface area contributed by atoms with Crippen LogP contribution in [0.15, 0.2) is 0 Å². The van der Waals surface area contributed by atoms with Crippen LogP contribution in [0.25, 0.3) is 0 Å².